The van der Waals surface area contributed by atoms with Gasteiger partial charge in [0.05, 0.1) is 13.2 Å². The molecule has 1 saturated heterocycles. The van der Waals surface area contributed by atoms with Crippen LogP contribution in [0.1, 0.15) is 12.0 Å². The van der Waals surface area contributed by atoms with Gasteiger partial charge in [-0.3, -0.25) is 4.99 Å². The highest BCUT2D eigenvalue weighted by Gasteiger charge is 2.24. The van der Waals surface area contributed by atoms with E-state index in [9.17, 15) is 0 Å². The molecular formula is C21H36N4O3. The fourth-order valence-corrected chi connectivity index (χ4v) is 3.33. The Morgan fingerprint density at radius 1 is 1.25 bits per heavy atom. The fourth-order valence-electron chi connectivity index (χ4n) is 3.33. The highest BCUT2D eigenvalue weighted by atomic mass is 16.5. The highest BCUT2D eigenvalue weighted by Crippen LogP contribution is 2.17. The van der Waals surface area contributed by atoms with Crippen LogP contribution in [0.25, 0.3) is 0 Å². The largest absolute Gasteiger partial charge is 0.492 e. The second kappa shape index (κ2) is 12.6. The average molecular weight is 393 g/mol. The second-order valence-electron chi connectivity index (χ2n) is 7.25. The number of likely N-dealkylation sites (N-methyl/N-ethyl adjacent to an activating group) is 1. The molecule has 1 aliphatic heterocycles. The number of rotatable bonds is 11. The Morgan fingerprint density at radius 3 is 2.82 bits per heavy atom. The minimum Gasteiger partial charge on any atom is -0.492 e. The molecular weight excluding hydrogens is 356 g/mol. The van der Waals surface area contributed by atoms with Gasteiger partial charge >= 0.3 is 0 Å². The number of hydrogen-bond acceptors (Lipinski definition) is 5. The molecule has 0 aromatic heterocycles. The number of benzene rings is 1. The Labute approximate surface area is 169 Å². The van der Waals surface area contributed by atoms with E-state index < -0.39 is 0 Å². The summed E-state index contributed by atoms with van der Waals surface area (Å²) in [5, 5.41) is 3.47. The van der Waals surface area contributed by atoms with E-state index in [0.717, 1.165) is 64.1 Å². The Bertz CT molecular complexity index is 597. The first-order chi connectivity index (χ1) is 13.7. The van der Waals surface area contributed by atoms with Gasteiger partial charge in [0.2, 0.25) is 0 Å². The number of nitrogens with zero attached hydrogens (tertiary/aromatic N) is 3. The lowest BCUT2D eigenvalue weighted by atomic mass is 10.1. The van der Waals surface area contributed by atoms with Gasteiger partial charge in [-0.15, -0.1) is 0 Å². The molecule has 1 aromatic rings. The SMILES string of the molecule is CN=C(NCc1cccc(OCCN(C)CCOC)c1)N1CCC(COC)C1. The molecule has 1 N–H and O–H groups in total. The maximum Gasteiger partial charge on any atom is 0.193 e. The number of hydrogen-bond donors (Lipinski definition) is 1. The molecule has 1 aliphatic rings. The van der Waals surface area contributed by atoms with E-state index in [2.05, 4.69) is 39.3 Å². The normalized spacial score (nSPS) is 17.4. The Kier molecular flexibility index (Phi) is 10.1. The van der Waals surface area contributed by atoms with Crippen molar-refractivity contribution in [3.63, 3.8) is 0 Å². The lowest BCUT2D eigenvalue weighted by molar-refractivity contribution is 0.150. The molecule has 7 heteroatoms. The molecule has 28 heavy (non-hydrogen) atoms. The first-order valence-corrected chi connectivity index (χ1v) is 10.00. The van der Waals surface area contributed by atoms with Gasteiger partial charge in [-0.1, -0.05) is 12.1 Å². The van der Waals surface area contributed by atoms with Crippen molar-refractivity contribution < 1.29 is 14.2 Å². The smallest absolute Gasteiger partial charge is 0.193 e. The van der Waals surface area contributed by atoms with Crippen LogP contribution in [-0.4, -0.2) is 90.1 Å². The minimum atomic E-state index is 0.585. The van der Waals surface area contributed by atoms with Crippen molar-refractivity contribution in [2.24, 2.45) is 10.9 Å². The molecule has 0 bridgehead atoms. The van der Waals surface area contributed by atoms with Gasteiger partial charge < -0.3 is 29.3 Å². The highest BCUT2D eigenvalue weighted by molar-refractivity contribution is 5.80. The predicted octanol–water partition coefficient (Wildman–Crippen LogP) is 1.69. The average Bonchev–Trinajstić information content (AvgIpc) is 3.16. The maximum atomic E-state index is 5.91. The third-order valence-electron chi connectivity index (χ3n) is 4.97. The van der Waals surface area contributed by atoms with Gasteiger partial charge in [0.1, 0.15) is 12.4 Å². The van der Waals surface area contributed by atoms with E-state index >= 15 is 0 Å². The molecule has 0 radical (unpaired) electrons. The summed E-state index contributed by atoms with van der Waals surface area (Å²) in [6, 6.07) is 8.24. The van der Waals surface area contributed by atoms with Crippen molar-refractivity contribution in [2.75, 3.05) is 74.3 Å². The summed E-state index contributed by atoms with van der Waals surface area (Å²) in [4.78, 5) is 8.94. The van der Waals surface area contributed by atoms with Crippen LogP contribution < -0.4 is 10.1 Å². The molecule has 0 saturated carbocycles. The van der Waals surface area contributed by atoms with Crippen molar-refractivity contribution in [1.82, 2.24) is 15.1 Å². The Morgan fingerprint density at radius 2 is 2.07 bits per heavy atom. The minimum absolute atomic E-state index is 0.585. The molecule has 1 unspecified atom stereocenters. The lowest BCUT2D eigenvalue weighted by Crippen LogP contribution is -2.39. The molecule has 1 atom stereocenters. The summed E-state index contributed by atoms with van der Waals surface area (Å²) < 4.78 is 16.3. The number of aliphatic imine (C=N–C) groups is 1. The third-order valence-corrected chi connectivity index (χ3v) is 4.97. The summed E-state index contributed by atoms with van der Waals surface area (Å²) in [6.07, 6.45) is 1.15. The summed E-state index contributed by atoms with van der Waals surface area (Å²) in [5.74, 6) is 2.43. The molecule has 0 amide bonds. The third kappa shape index (κ3) is 7.66. The molecule has 7 nitrogen and oxygen atoms in total. The monoisotopic (exact) mass is 392 g/mol. The van der Waals surface area contributed by atoms with Crippen molar-refractivity contribution >= 4 is 5.96 Å². The summed E-state index contributed by atoms with van der Waals surface area (Å²) in [5.41, 5.74) is 1.18. The molecule has 0 aliphatic carbocycles. The van der Waals surface area contributed by atoms with Gasteiger partial charge in [0.15, 0.2) is 5.96 Å². The molecule has 0 spiro atoms. The van der Waals surface area contributed by atoms with Crippen LogP contribution in [-0.2, 0) is 16.0 Å². The second-order valence-corrected chi connectivity index (χ2v) is 7.25. The zero-order valence-electron chi connectivity index (χ0n) is 17.8. The van der Waals surface area contributed by atoms with E-state index in [1.165, 1.54) is 5.56 Å². The van der Waals surface area contributed by atoms with Crippen molar-refractivity contribution in [2.45, 2.75) is 13.0 Å². The first kappa shape index (κ1) is 22.5. The van der Waals surface area contributed by atoms with Crippen molar-refractivity contribution in [3.05, 3.63) is 29.8 Å². The number of guanidine groups is 1. The van der Waals surface area contributed by atoms with Crippen LogP contribution in [0.15, 0.2) is 29.3 Å². The van der Waals surface area contributed by atoms with Gasteiger partial charge in [0.25, 0.3) is 0 Å². The fraction of sp³-hybridized carbons (Fsp3) is 0.667. The van der Waals surface area contributed by atoms with Crippen LogP contribution in [0.2, 0.25) is 0 Å². The molecule has 1 heterocycles. The Balaban J connectivity index is 1.77. The van der Waals surface area contributed by atoms with Gasteiger partial charge in [-0.2, -0.15) is 0 Å². The van der Waals surface area contributed by atoms with E-state index in [0.29, 0.717) is 12.5 Å². The van der Waals surface area contributed by atoms with E-state index in [4.69, 9.17) is 14.2 Å². The quantitative estimate of drug-likeness (QED) is 0.457. The molecule has 1 aromatic carbocycles. The van der Waals surface area contributed by atoms with Crippen LogP contribution >= 0.6 is 0 Å². The van der Waals surface area contributed by atoms with Gasteiger partial charge in [-0.05, 0) is 31.2 Å². The standard InChI is InChI=1S/C21H36N4O3/c1-22-21(25-9-8-19(16-25)17-27-4)23-15-18-6-5-7-20(14-18)28-13-11-24(2)10-12-26-3/h5-7,14,19H,8-13,15-17H2,1-4H3,(H,22,23). The zero-order chi connectivity index (χ0) is 20.2. The zero-order valence-corrected chi connectivity index (χ0v) is 17.8. The summed E-state index contributed by atoms with van der Waals surface area (Å²) in [6.45, 7) is 6.73. The van der Waals surface area contributed by atoms with Gasteiger partial charge in [0, 0.05) is 59.9 Å². The number of nitrogens with one attached hydrogen (secondary N) is 1. The number of likely N-dealkylation sites (tertiary alicyclic amines) is 1. The molecule has 1 fully saturated rings. The van der Waals surface area contributed by atoms with Crippen LogP contribution in [0.3, 0.4) is 0 Å². The lowest BCUT2D eigenvalue weighted by Gasteiger charge is -2.22. The van der Waals surface area contributed by atoms with Crippen LogP contribution in [0, 0.1) is 5.92 Å². The molecule has 2 rings (SSSR count). The van der Waals surface area contributed by atoms with E-state index in [1.807, 2.05) is 19.2 Å². The Hall–Kier alpha value is -1.83. The van der Waals surface area contributed by atoms with Gasteiger partial charge in [-0.25, -0.2) is 0 Å². The topological polar surface area (TPSA) is 58.6 Å². The summed E-state index contributed by atoms with van der Waals surface area (Å²) >= 11 is 0. The number of ether oxygens (including phenoxy) is 3. The van der Waals surface area contributed by atoms with Crippen molar-refractivity contribution in [3.8, 4) is 5.75 Å². The van der Waals surface area contributed by atoms with Crippen LogP contribution in [0.5, 0.6) is 5.75 Å². The predicted molar refractivity (Wildman–Crippen MR) is 113 cm³/mol. The first-order valence-electron chi connectivity index (χ1n) is 10.00. The van der Waals surface area contributed by atoms with E-state index in [1.54, 1.807) is 14.2 Å². The van der Waals surface area contributed by atoms with Crippen molar-refractivity contribution in [1.29, 1.82) is 0 Å². The summed E-state index contributed by atoms with van der Waals surface area (Å²) in [7, 11) is 7.40. The maximum absolute atomic E-state index is 5.91. The van der Waals surface area contributed by atoms with Crippen LogP contribution in [0.4, 0.5) is 0 Å². The number of methoxy groups -OCH3 is 2. The molecule has 158 valence electrons. The van der Waals surface area contributed by atoms with E-state index in [-0.39, 0.29) is 0 Å².